The number of rotatable bonds is 3. The number of nitrogens with two attached hydrogens (primary N) is 1. The van der Waals surface area contributed by atoms with Crippen LogP contribution in [0.3, 0.4) is 0 Å². The lowest BCUT2D eigenvalue weighted by Crippen LogP contribution is -2.40. The number of allylic oxidation sites excluding steroid dienone is 1. The Morgan fingerprint density at radius 1 is 1.38 bits per heavy atom. The third-order valence-corrected chi connectivity index (χ3v) is 4.18. The number of benzene rings is 1. The highest BCUT2D eigenvalue weighted by Gasteiger charge is 2.40. The van der Waals surface area contributed by atoms with E-state index in [4.69, 9.17) is 22.5 Å². The molecule has 1 aromatic carbocycles. The second kappa shape index (κ2) is 5.50. The number of halogens is 1. The zero-order valence-electron chi connectivity index (χ0n) is 11.6. The van der Waals surface area contributed by atoms with E-state index in [0.717, 1.165) is 18.4 Å². The third kappa shape index (κ3) is 2.54. The first-order chi connectivity index (χ1) is 10.1. The molecule has 0 bridgehead atoms. The van der Waals surface area contributed by atoms with Crippen LogP contribution in [0, 0.1) is 5.92 Å². The van der Waals surface area contributed by atoms with E-state index < -0.39 is 5.97 Å². The van der Waals surface area contributed by atoms with Gasteiger partial charge in [-0.2, -0.15) is 5.90 Å². The maximum atomic E-state index is 12.0. The molecule has 3 rings (SSSR count). The Balaban J connectivity index is 2.09. The predicted molar refractivity (Wildman–Crippen MR) is 80.4 cm³/mol. The summed E-state index contributed by atoms with van der Waals surface area (Å²) in [5.41, 5.74) is 1.76. The summed E-state index contributed by atoms with van der Waals surface area (Å²) in [6, 6.07) is 9.58. The van der Waals surface area contributed by atoms with Gasteiger partial charge in [-0.3, -0.25) is 4.99 Å². The molecule has 1 unspecified atom stereocenters. The average molecular weight is 306 g/mol. The lowest BCUT2D eigenvalue weighted by molar-refractivity contribution is -0.141. The molecule has 5 nitrogen and oxygen atoms in total. The van der Waals surface area contributed by atoms with Crippen molar-refractivity contribution in [1.29, 1.82) is 0 Å². The van der Waals surface area contributed by atoms with Crippen molar-refractivity contribution in [2.45, 2.75) is 19.0 Å². The molecule has 2 aliphatic rings. The molecule has 1 fully saturated rings. The van der Waals surface area contributed by atoms with E-state index in [1.54, 1.807) is 11.9 Å². The molecule has 6 heteroatoms. The molecule has 110 valence electrons. The average Bonchev–Trinajstić information content (AvgIpc) is 3.33. The molecular formula is C15H16ClN3O2. The summed E-state index contributed by atoms with van der Waals surface area (Å²) in [7, 11) is 1.79. The van der Waals surface area contributed by atoms with Gasteiger partial charge < -0.3 is 9.74 Å². The molecule has 0 saturated heterocycles. The lowest BCUT2D eigenvalue weighted by Gasteiger charge is -2.33. The largest absolute Gasteiger partial charge is 0.374 e. The summed E-state index contributed by atoms with van der Waals surface area (Å²) in [6.07, 6.45) is 2.10. The molecule has 1 aromatic rings. The van der Waals surface area contributed by atoms with E-state index in [1.165, 1.54) is 0 Å². The molecule has 1 atom stereocenters. The van der Waals surface area contributed by atoms with Crippen LogP contribution in [-0.4, -0.2) is 29.8 Å². The molecule has 1 saturated carbocycles. The minimum atomic E-state index is -0.642. The van der Waals surface area contributed by atoms with Crippen LogP contribution in [0.1, 0.15) is 18.4 Å². The first-order valence-corrected chi connectivity index (χ1v) is 7.18. The summed E-state index contributed by atoms with van der Waals surface area (Å²) in [5, 5.41) is 0.274. The van der Waals surface area contributed by atoms with Gasteiger partial charge >= 0.3 is 5.97 Å². The SMILES string of the molecule is CN1C(C(=O)ON)=C(Cl)C(c2ccccc2)=NC1C1CC1. The number of nitrogens with zero attached hydrogens (tertiary/aromatic N) is 2. The fourth-order valence-electron chi connectivity index (χ4n) is 2.58. The number of aliphatic imine (C=N–C) groups is 1. The van der Waals surface area contributed by atoms with Crippen molar-refractivity contribution >= 4 is 23.3 Å². The van der Waals surface area contributed by atoms with Gasteiger partial charge in [0.2, 0.25) is 0 Å². The molecule has 0 amide bonds. The second-order valence-corrected chi connectivity index (χ2v) is 5.65. The topological polar surface area (TPSA) is 67.9 Å². The van der Waals surface area contributed by atoms with Crippen LogP contribution in [0.5, 0.6) is 0 Å². The van der Waals surface area contributed by atoms with Gasteiger partial charge in [-0.05, 0) is 18.8 Å². The Labute approximate surface area is 128 Å². The van der Waals surface area contributed by atoms with Crippen molar-refractivity contribution in [2.75, 3.05) is 7.05 Å². The summed E-state index contributed by atoms with van der Waals surface area (Å²) >= 11 is 6.39. The Hall–Kier alpha value is -1.85. The minimum Gasteiger partial charge on any atom is -0.369 e. The van der Waals surface area contributed by atoms with Crippen LogP contribution in [0.2, 0.25) is 0 Å². The molecule has 1 aliphatic carbocycles. The Morgan fingerprint density at radius 2 is 2.05 bits per heavy atom. The van der Waals surface area contributed by atoms with Crippen LogP contribution in [-0.2, 0) is 9.63 Å². The van der Waals surface area contributed by atoms with Gasteiger partial charge in [0.1, 0.15) is 11.9 Å². The van der Waals surface area contributed by atoms with Gasteiger partial charge in [0.25, 0.3) is 0 Å². The van der Waals surface area contributed by atoms with Gasteiger partial charge in [-0.1, -0.05) is 41.9 Å². The van der Waals surface area contributed by atoms with Crippen molar-refractivity contribution in [2.24, 2.45) is 16.8 Å². The van der Waals surface area contributed by atoms with Gasteiger partial charge in [-0.15, -0.1) is 0 Å². The Kier molecular flexibility index (Phi) is 3.69. The van der Waals surface area contributed by atoms with Crippen molar-refractivity contribution < 1.29 is 9.63 Å². The second-order valence-electron chi connectivity index (χ2n) is 5.27. The lowest BCUT2D eigenvalue weighted by atomic mass is 10.1. The van der Waals surface area contributed by atoms with Crippen molar-refractivity contribution in [1.82, 2.24) is 4.90 Å². The summed E-state index contributed by atoms with van der Waals surface area (Å²) in [5.74, 6) is 4.84. The van der Waals surface area contributed by atoms with Crippen LogP contribution in [0.25, 0.3) is 0 Å². The zero-order chi connectivity index (χ0) is 15.0. The Bertz CT molecular complexity index is 623. The van der Waals surface area contributed by atoms with Crippen LogP contribution in [0.15, 0.2) is 46.1 Å². The highest BCUT2D eigenvalue weighted by Crippen LogP contribution is 2.40. The van der Waals surface area contributed by atoms with Gasteiger partial charge in [0, 0.05) is 12.6 Å². The molecule has 0 radical (unpaired) electrons. The number of carbonyl (C=O) groups excluding carboxylic acids is 1. The number of likely N-dealkylation sites (N-methyl/N-ethyl adjacent to an activating group) is 1. The van der Waals surface area contributed by atoms with E-state index in [2.05, 4.69) is 4.84 Å². The standard InChI is InChI=1S/C15H16ClN3O2/c1-19-13(15(20)21-17)11(16)12(9-5-3-2-4-6-9)18-14(19)10-7-8-10/h2-6,10,14H,7-8,17H2,1H3. The number of hydrogen-bond acceptors (Lipinski definition) is 5. The maximum Gasteiger partial charge on any atom is 0.374 e. The van der Waals surface area contributed by atoms with Crippen molar-refractivity contribution in [3.8, 4) is 0 Å². The molecule has 0 spiro atoms. The fraction of sp³-hybridized carbons (Fsp3) is 0.333. The van der Waals surface area contributed by atoms with Crippen LogP contribution >= 0.6 is 11.6 Å². The van der Waals surface area contributed by atoms with E-state index in [0.29, 0.717) is 11.6 Å². The molecule has 0 aromatic heterocycles. The fourth-order valence-corrected chi connectivity index (χ4v) is 2.95. The van der Waals surface area contributed by atoms with Gasteiger partial charge in [0.05, 0.1) is 10.7 Å². The third-order valence-electron chi connectivity index (χ3n) is 3.82. The smallest absolute Gasteiger partial charge is 0.369 e. The van der Waals surface area contributed by atoms with E-state index in [9.17, 15) is 4.79 Å². The molecule has 1 heterocycles. The van der Waals surface area contributed by atoms with Gasteiger partial charge in [-0.25, -0.2) is 4.79 Å². The van der Waals surface area contributed by atoms with E-state index >= 15 is 0 Å². The zero-order valence-corrected chi connectivity index (χ0v) is 12.4. The normalized spacial score (nSPS) is 22.1. The maximum absolute atomic E-state index is 12.0. The highest BCUT2D eigenvalue weighted by molar-refractivity contribution is 6.48. The molecule has 2 N–H and O–H groups in total. The minimum absolute atomic E-state index is 0.100. The van der Waals surface area contributed by atoms with Gasteiger partial charge in [0.15, 0.2) is 0 Å². The van der Waals surface area contributed by atoms with E-state index in [-0.39, 0.29) is 16.9 Å². The number of carbonyl (C=O) groups is 1. The summed E-state index contributed by atoms with van der Waals surface area (Å²) in [6.45, 7) is 0. The van der Waals surface area contributed by atoms with E-state index in [1.807, 2.05) is 30.3 Å². The first-order valence-electron chi connectivity index (χ1n) is 6.80. The first kappa shape index (κ1) is 14.1. The number of hydrogen-bond donors (Lipinski definition) is 1. The summed E-state index contributed by atoms with van der Waals surface area (Å²) < 4.78 is 0. The molecule has 21 heavy (non-hydrogen) atoms. The molecular weight excluding hydrogens is 290 g/mol. The monoisotopic (exact) mass is 305 g/mol. The van der Waals surface area contributed by atoms with Crippen molar-refractivity contribution in [3.63, 3.8) is 0 Å². The highest BCUT2D eigenvalue weighted by atomic mass is 35.5. The van der Waals surface area contributed by atoms with Crippen LogP contribution in [0.4, 0.5) is 0 Å². The summed E-state index contributed by atoms with van der Waals surface area (Å²) in [4.78, 5) is 22.9. The quantitative estimate of drug-likeness (QED) is 0.868. The van der Waals surface area contributed by atoms with Crippen molar-refractivity contribution in [3.05, 3.63) is 46.6 Å². The van der Waals surface area contributed by atoms with Crippen LogP contribution < -0.4 is 5.90 Å². The predicted octanol–water partition coefficient (Wildman–Crippen LogP) is 2.02. The Morgan fingerprint density at radius 3 is 2.62 bits per heavy atom. The molecule has 1 aliphatic heterocycles.